The van der Waals surface area contributed by atoms with E-state index in [2.05, 4.69) is 20.5 Å². The van der Waals surface area contributed by atoms with Crippen LogP contribution in [-0.2, 0) is 6.54 Å². The molecule has 0 radical (unpaired) electrons. The second-order valence-electron chi connectivity index (χ2n) is 4.27. The Labute approximate surface area is 113 Å². The minimum Gasteiger partial charge on any atom is -0.347 e. The number of hydrogen-bond acceptors (Lipinski definition) is 3. The fourth-order valence-electron chi connectivity index (χ4n) is 1.95. The topological polar surface area (TPSA) is 70.7 Å². The van der Waals surface area contributed by atoms with Crippen molar-refractivity contribution in [3.05, 3.63) is 59.8 Å². The first-order valence-corrected chi connectivity index (χ1v) is 6.05. The number of amides is 1. The van der Waals surface area contributed by atoms with Crippen LogP contribution in [-0.4, -0.2) is 21.1 Å². The third kappa shape index (κ3) is 2.23. The zero-order chi connectivity index (χ0) is 13.9. The van der Waals surface area contributed by atoms with Crippen LogP contribution in [0.4, 0.5) is 4.39 Å². The summed E-state index contributed by atoms with van der Waals surface area (Å²) in [5, 5.41) is 9.62. The zero-order valence-corrected chi connectivity index (χ0v) is 10.4. The quantitative estimate of drug-likeness (QED) is 0.765. The van der Waals surface area contributed by atoms with Gasteiger partial charge in [-0.1, -0.05) is 12.1 Å². The minimum atomic E-state index is -0.452. The summed E-state index contributed by atoms with van der Waals surface area (Å²) in [5.41, 5.74) is 1.36. The predicted octanol–water partition coefficient (Wildman–Crippen LogP) is 2.03. The number of nitrogens with zero attached hydrogens (tertiary/aromatic N) is 2. The molecule has 5 nitrogen and oxygen atoms in total. The summed E-state index contributed by atoms with van der Waals surface area (Å²) < 4.78 is 13.5. The molecule has 0 atom stereocenters. The highest BCUT2D eigenvalue weighted by molar-refractivity contribution is 6.04. The van der Waals surface area contributed by atoms with Crippen molar-refractivity contribution in [3.8, 4) is 0 Å². The largest absolute Gasteiger partial charge is 0.347 e. The van der Waals surface area contributed by atoms with Crippen molar-refractivity contribution in [2.75, 3.05) is 0 Å². The van der Waals surface area contributed by atoms with E-state index in [-0.39, 0.29) is 17.1 Å². The van der Waals surface area contributed by atoms with Gasteiger partial charge in [-0.05, 0) is 23.8 Å². The number of hydrogen-bond donors (Lipinski definition) is 2. The summed E-state index contributed by atoms with van der Waals surface area (Å²) in [5.74, 6) is -0.776. The second kappa shape index (κ2) is 5.08. The summed E-state index contributed by atoms with van der Waals surface area (Å²) in [7, 11) is 0. The van der Waals surface area contributed by atoms with E-state index in [0.717, 1.165) is 5.56 Å². The number of fused-ring (bicyclic) bond motifs is 1. The van der Waals surface area contributed by atoms with E-state index >= 15 is 0 Å². The van der Waals surface area contributed by atoms with E-state index in [1.807, 2.05) is 12.1 Å². The number of aromatic nitrogens is 3. The molecule has 0 aliphatic rings. The number of carbonyl (C=O) groups is 1. The Morgan fingerprint density at radius 3 is 2.85 bits per heavy atom. The number of pyridine rings is 1. The number of benzene rings is 1. The van der Waals surface area contributed by atoms with Gasteiger partial charge in [0.15, 0.2) is 5.82 Å². The Morgan fingerprint density at radius 2 is 2.05 bits per heavy atom. The molecule has 2 heterocycles. The lowest BCUT2D eigenvalue weighted by molar-refractivity contribution is 0.0947. The first kappa shape index (κ1) is 12.3. The predicted molar refractivity (Wildman–Crippen MR) is 71.5 cm³/mol. The lowest BCUT2D eigenvalue weighted by atomic mass is 10.2. The molecule has 0 saturated carbocycles. The molecule has 3 rings (SSSR count). The van der Waals surface area contributed by atoms with Gasteiger partial charge in [0, 0.05) is 24.3 Å². The van der Waals surface area contributed by atoms with Gasteiger partial charge >= 0.3 is 0 Å². The zero-order valence-electron chi connectivity index (χ0n) is 10.4. The molecule has 0 spiro atoms. The van der Waals surface area contributed by atoms with E-state index in [1.54, 1.807) is 24.5 Å². The van der Waals surface area contributed by atoms with E-state index < -0.39 is 5.82 Å². The van der Waals surface area contributed by atoms with Crippen LogP contribution < -0.4 is 5.32 Å². The Kier molecular flexibility index (Phi) is 3.12. The van der Waals surface area contributed by atoms with Gasteiger partial charge in [-0.25, -0.2) is 4.39 Å². The van der Waals surface area contributed by atoms with Gasteiger partial charge in [0.25, 0.3) is 5.91 Å². The van der Waals surface area contributed by atoms with Gasteiger partial charge < -0.3 is 5.32 Å². The molecule has 1 aromatic carbocycles. The van der Waals surface area contributed by atoms with E-state index in [9.17, 15) is 9.18 Å². The number of carbonyl (C=O) groups excluding carboxylic acids is 1. The van der Waals surface area contributed by atoms with Crippen molar-refractivity contribution >= 4 is 16.8 Å². The highest BCUT2D eigenvalue weighted by atomic mass is 19.1. The Balaban J connectivity index is 1.81. The molecule has 0 unspecified atom stereocenters. The third-order valence-electron chi connectivity index (χ3n) is 2.97. The highest BCUT2D eigenvalue weighted by Crippen LogP contribution is 2.18. The number of halogens is 1. The Bertz CT molecular complexity index is 754. The molecule has 2 N–H and O–H groups in total. The molecule has 6 heteroatoms. The fraction of sp³-hybridized carbons (Fsp3) is 0.0714. The van der Waals surface area contributed by atoms with Crippen LogP contribution >= 0.6 is 0 Å². The molecular formula is C14H11FN4O. The fourth-order valence-corrected chi connectivity index (χ4v) is 1.95. The van der Waals surface area contributed by atoms with Gasteiger partial charge in [-0.2, -0.15) is 5.10 Å². The molecule has 0 fully saturated rings. The molecule has 0 aliphatic heterocycles. The monoisotopic (exact) mass is 270 g/mol. The van der Waals surface area contributed by atoms with Crippen LogP contribution in [0.5, 0.6) is 0 Å². The maximum Gasteiger partial charge on any atom is 0.270 e. The Morgan fingerprint density at radius 1 is 1.25 bits per heavy atom. The molecule has 0 saturated heterocycles. The smallest absolute Gasteiger partial charge is 0.270 e. The van der Waals surface area contributed by atoms with Gasteiger partial charge in [0.1, 0.15) is 11.2 Å². The lowest BCUT2D eigenvalue weighted by Crippen LogP contribution is -2.23. The van der Waals surface area contributed by atoms with Crippen molar-refractivity contribution in [2.45, 2.75) is 6.54 Å². The molecule has 20 heavy (non-hydrogen) atoms. The van der Waals surface area contributed by atoms with Crippen LogP contribution in [0.15, 0.2) is 42.7 Å². The van der Waals surface area contributed by atoms with Crippen LogP contribution in [0.2, 0.25) is 0 Å². The van der Waals surface area contributed by atoms with Crippen molar-refractivity contribution in [3.63, 3.8) is 0 Å². The van der Waals surface area contributed by atoms with Crippen LogP contribution in [0.3, 0.4) is 0 Å². The number of nitrogens with one attached hydrogen (secondary N) is 2. The number of para-hydroxylation sites is 1. The summed E-state index contributed by atoms with van der Waals surface area (Å²) in [6.07, 6.45) is 3.31. The van der Waals surface area contributed by atoms with Gasteiger partial charge in [0.2, 0.25) is 0 Å². The average molecular weight is 270 g/mol. The summed E-state index contributed by atoms with van der Waals surface area (Å²) in [6.45, 7) is 0.372. The highest BCUT2D eigenvalue weighted by Gasteiger charge is 2.15. The SMILES string of the molecule is O=C(NCc1ccncc1)c1[nH]nc2c(F)cccc12. The van der Waals surface area contributed by atoms with Crippen molar-refractivity contribution in [1.82, 2.24) is 20.5 Å². The molecule has 0 bridgehead atoms. The molecule has 0 aliphatic carbocycles. The first-order valence-electron chi connectivity index (χ1n) is 6.05. The van der Waals surface area contributed by atoms with E-state index in [1.165, 1.54) is 6.07 Å². The number of H-pyrrole nitrogens is 1. The minimum absolute atomic E-state index is 0.168. The van der Waals surface area contributed by atoms with Gasteiger partial charge in [0.05, 0.1) is 0 Å². The molecule has 2 aromatic heterocycles. The standard InChI is InChI=1S/C14H11FN4O/c15-11-3-1-2-10-12(11)18-19-13(10)14(20)17-8-9-4-6-16-7-5-9/h1-7H,8H2,(H,17,20)(H,18,19). The molecular weight excluding hydrogens is 259 g/mol. The van der Waals surface area contributed by atoms with E-state index in [0.29, 0.717) is 11.9 Å². The van der Waals surface area contributed by atoms with Gasteiger partial charge in [-0.3, -0.25) is 14.9 Å². The summed E-state index contributed by atoms with van der Waals surface area (Å²) in [4.78, 5) is 16.0. The number of aromatic amines is 1. The van der Waals surface area contributed by atoms with Crippen molar-refractivity contribution in [2.24, 2.45) is 0 Å². The normalized spacial score (nSPS) is 10.7. The molecule has 1 amide bonds. The second-order valence-corrected chi connectivity index (χ2v) is 4.27. The maximum atomic E-state index is 13.5. The number of rotatable bonds is 3. The average Bonchev–Trinajstić information content (AvgIpc) is 2.91. The summed E-state index contributed by atoms with van der Waals surface area (Å²) >= 11 is 0. The molecule has 100 valence electrons. The van der Waals surface area contributed by atoms with Crippen LogP contribution in [0, 0.1) is 5.82 Å². The van der Waals surface area contributed by atoms with E-state index in [4.69, 9.17) is 0 Å². The summed E-state index contributed by atoms with van der Waals surface area (Å²) in [6, 6.07) is 8.13. The third-order valence-corrected chi connectivity index (χ3v) is 2.97. The van der Waals surface area contributed by atoms with Crippen molar-refractivity contribution in [1.29, 1.82) is 0 Å². The lowest BCUT2D eigenvalue weighted by Gasteiger charge is -2.03. The first-order chi connectivity index (χ1) is 9.75. The van der Waals surface area contributed by atoms with Crippen LogP contribution in [0.25, 0.3) is 10.9 Å². The maximum absolute atomic E-state index is 13.5. The van der Waals surface area contributed by atoms with Crippen molar-refractivity contribution < 1.29 is 9.18 Å². The van der Waals surface area contributed by atoms with Crippen LogP contribution in [0.1, 0.15) is 16.1 Å². The van der Waals surface area contributed by atoms with Gasteiger partial charge in [-0.15, -0.1) is 0 Å². The molecule has 3 aromatic rings. The Hall–Kier alpha value is -2.76.